The Labute approximate surface area is 97.1 Å². The van der Waals surface area contributed by atoms with Crippen LogP contribution in [0, 0.1) is 5.92 Å². The minimum Gasteiger partial charge on any atom is -0.311 e. The summed E-state index contributed by atoms with van der Waals surface area (Å²) in [5.41, 5.74) is 1.22. The number of aromatic nitrogens is 1. The average Bonchev–Trinajstić information content (AvgIpc) is 2.62. The highest BCUT2D eigenvalue weighted by Crippen LogP contribution is 2.26. The van der Waals surface area contributed by atoms with Crippen molar-refractivity contribution >= 4 is 11.3 Å². The smallest absolute Gasteiger partial charge is 0.110 e. The van der Waals surface area contributed by atoms with Gasteiger partial charge >= 0.3 is 0 Å². The minimum atomic E-state index is 0.419. The normalized spacial score (nSPS) is 13.8. The maximum absolute atomic E-state index is 4.69. The van der Waals surface area contributed by atoms with Gasteiger partial charge in [0.2, 0.25) is 0 Å². The highest BCUT2D eigenvalue weighted by molar-refractivity contribution is 7.09. The largest absolute Gasteiger partial charge is 0.311 e. The Morgan fingerprint density at radius 1 is 1.33 bits per heavy atom. The van der Waals surface area contributed by atoms with E-state index in [-0.39, 0.29) is 0 Å². The first-order chi connectivity index (χ1) is 7.04. The van der Waals surface area contributed by atoms with Crippen molar-refractivity contribution in [1.82, 2.24) is 10.3 Å². The molecule has 1 N–H and O–H groups in total. The molecule has 1 rings (SSSR count). The first kappa shape index (κ1) is 12.7. The molecule has 0 aromatic carbocycles. The van der Waals surface area contributed by atoms with Gasteiger partial charge < -0.3 is 5.32 Å². The minimum absolute atomic E-state index is 0.419. The second-order valence-electron chi connectivity index (χ2n) is 4.74. The highest BCUT2D eigenvalue weighted by Gasteiger charge is 2.15. The average molecular weight is 226 g/mol. The molecule has 1 unspecified atom stereocenters. The van der Waals surface area contributed by atoms with E-state index in [2.05, 4.69) is 43.4 Å². The number of hydrogen-bond acceptors (Lipinski definition) is 3. The molecule has 1 heterocycles. The molecule has 15 heavy (non-hydrogen) atoms. The summed E-state index contributed by atoms with van der Waals surface area (Å²) in [4.78, 5) is 4.69. The number of rotatable bonds is 5. The van der Waals surface area contributed by atoms with Crippen LogP contribution in [0.15, 0.2) is 5.38 Å². The van der Waals surface area contributed by atoms with Gasteiger partial charge in [0.1, 0.15) is 5.01 Å². The Morgan fingerprint density at radius 3 is 2.40 bits per heavy atom. The molecule has 0 aliphatic carbocycles. The van der Waals surface area contributed by atoms with Crippen molar-refractivity contribution in [2.45, 2.75) is 46.1 Å². The van der Waals surface area contributed by atoms with Crippen LogP contribution in [0.4, 0.5) is 0 Å². The van der Waals surface area contributed by atoms with Crippen molar-refractivity contribution in [2.24, 2.45) is 5.92 Å². The second kappa shape index (κ2) is 5.61. The Bertz CT molecular complexity index is 292. The molecular formula is C12H22N2S. The first-order valence-electron chi connectivity index (χ1n) is 5.67. The van der Waals surface area contributed by atoms with E-state index in [0.717, 1.165) is 6.42 Å². The molecule has 1 aromatic heterocycles. The van der Waals surface area contributed by atoms with Gasteiger partial charge in [-0.2, -0.15) is 0 Å². The Hall–Kier alpha value is -0.410. The summed E-state index contributed by atoms with van der Waals surface area (Å²) in [6, 6.07) is 0.419. The topological polar surface area (TPSA) is 24.9 Å². The monoisotopic (exact) mass is 226 g/mol. The maximum atomic E-state index is 4.69. The summed E-state index contributed by atoms with van der Waals surface area (Å²) >= 11 is 1.78. The fraction of sp³-hybridized carbons (Fsp3) is 0.750. The van der Waals surface area contributed by atoms with Crippen molar-refractivity contribution in [3.8, 4) is 0 Å². The molecule has 0 bridgehead atoms. The summed E-state index contributed by atoms with van der Waals surface area (Å²) in [7, 11) is 2.02. The fourth-order valence-corrected chi connectivity index (χ4v) is 2.64. The molecule has 86 valence electrons. The van der Waals surface area contributed by atoms with Gasteiger partial charge in [0.05, 0.1) is 11.7 Å². The molecule has 0 aliphatic heterocycles. The van der Waals surface area contributed by atoms with Crippen LogP contribution >= 0.6 is 11.3 Å². The van der Waals surface area contributed by atoms with E-state index < -0.39 is 0 Å². The number of nitrogens with zero attached hydrogens (tertiary/aromatic N) is 1. The van der Waals surface area contributed by atoms with Gasteiger partial charge in [-0.1, -0.05) is 27.7 Å². The quantitative estimate of drug-likeness (QED) is 0.830. The molecule has 0 saturated carbocycles. The third-order valence-corrected chi connectivity index (χ3v) is 3.46. The first-order valence-corrected chi connectivity index (χ1v) is 6.55. The van der Waals surface area contributed by atoms with Gasteiger partial charge in [0.25, 0.3) is 0 Å². The van der Waals surface area contributed by atoms with E-state index in [4.69, 9.17) is 0 Å². The summed E-state index contributed by atoms with van der Waals surface area (Å²) in [6.07, 6.45) is 1.15. The van der Waals surface area contributed by atoms with Gasteiger partial charge in [-0.3, -0.25) is 0 Å². The lowest BCUT2D eigenvalue weighted by Gasteiger charge is -2.15. The molecule has 0 saturated heterocycles. The van der Waals surface area contributed by atoms with E-state index in [1.807, 2.05) is 7.05 Å². The van der Waals surface area contributed by atoms with Crippen molar-refractivity contribution in [1.29, 1.82) is 0 Å². The molecule has 0 aliphatic rings. The third-order valence-electron chi connectivity index (χ3n) is 2.48. The van der Waals surface area contributed by atoms with Crippen LogP contribution in [-0.4, -0.2) is 12.0 Å². The number of hydrogen-bond donors (Lipinski definition) is 1. The molecule has 0 spiro atoms. The summed E-state index contributed by atoms with van der Waals surface area (Å²) < 4.78 is 0. The molecule has 0 radical (unpaired) electrons. The van der Waals surface area contributed by atoms with Crippen molar-refractivity contribution < 1.29 is 0 Å². The maximum Gasteiger partial charge on any atom is 0.110 e. The van der Waals surface area contributed by atoms with Gasteiger partial charge in [-0.15, -0.1) is 11.3 Å². The summed E-state index contributed by atoms with van der Waals surface area (Å²) in [6.45, 7) is 8.88. The van der Waals surface area contributed by atoms with Crippen LogP contribution in [-0.2, 0) is 0 Å². The Morgan fingerprint density at radius 2 is 2.00 bits per heavy atom. The predicted octanol–water partition coefficient (Wildman–Crippen LogP) is 3.57. The lowest BCUT2D eigenvalue weighted by Crippen LogP contribution is -2.18. The molecule has 1 aromatic rings. The number of nitrogens with one attached hydrogen (secondary N) is 1. The Balaban J connectivity index is 2.74. The molecule has 0 fully saturated rings. The zero-order valence-corrected chi connectivity index (χ0v) is 11.2. The highest BCUT2D eigenvalue weighted by atomic mass is 32.1. The Kier molecular flexibility index (Phi) is 4.74. The zero-order chi connectivity index (χ0) is 11.4. The van der Waals surface area contributed by atoms with Crippen LogP contribution < -0.4 is 5.32 Å². The zero-order valence-electron chi connectivity index (χ0n) is 10.4. The summed E-state index contributed by atoms with van der Waals surface area (Å²) in [5, 5.41) is 6.77. The van der Waals surface area contributed by atoms with Gasteiger partial charge in [0, 0.05) is 5.38 Å². The standard InChI is InChI=1S/C12H22N2S/c1-8(2)6-10(13-5)12-14-11(7-15-12)9(3)4/h7-10,13H,6H2,1-5H3. The van der Waals surface area contributed by atoms with Crippen LogP contribution in [0.2, 0.25) is 0 Å². The van der Waals surface area contributed by atoms with Gasteiger partial charge in [-0.05, 0) is 25.3 Å². The lowest BCUT2D eigenvalue weighted by atomic mass is 10.0. The van der Waals surface area contributed by atoms with E-state index >= 15 is 0 Å². The van der Waals surface area contributed by atoms with E-state index in [1.54, 1.807) is 11.3 Å². The van der Waals surface area contributed by atoms with Crippen molar-refractivity contribution in [2.75, 3.05) is 7.05 Å². The van der Waals surface area contributed by atoms with Crippen LogP contribution in [0.3, 0.4) is 0 Å². The van der Waals surface area contributed by atoms with Gasteiger partial charge in [-0.25, -0.2) is 4.98 Å². The molecule has 3 heteroatoms. The SMILES string of the molecule is CNC(CC(C)C)c1nc(C(C)C)cs1. The van der Waals surface area contributed by atoms with Crippen LogP contribution in [0.25, 0.3) is 0 Å². The van der Waals surface area contributed by atoms with Crippen molar-refractivity contribution in [3.63, 3.8) is 0 Å². The van der Waals surface area contributed by atoms with Crippen molar-refractivity contribution in [3.05, 3.63) is 16.1 Å². The third kappa shape index (κ3) is 3.58. The summed E-state index contributed by atoms with van der Waals surface area (Å²) in [5.74, 6) is 1.24. The predicted molar refractivity (Wildman–Crippen MR) is 67.5 cm³/mol. The van der Waals surface area contributed by atoms with Crippen LogP contribution in [0.1, 0.15) is 56.8 Å². The van der Waals surface area contributed by atoms with Crippen LogP contribution in [0.5, 0.6) is 0 Å². The lowest BCUT2D eigenvalue weighted by molar-refractivity contribution is 0.454. The second-order valence-corrected chi connectivity index (χ2v) is 5.63. The van der Waals surface area contributed by atoms with E-state index in [1.165, 1.54) is 10.7 Å². The number of thiazole rings is 1. The fourth-order valence-electron chi connectivity index (χ4n) is 1.54. The van der Waals surface area contributed by atoms with E-state index in [9.17, 15) is 0 Å². The molecule has 2 nitrogen and oxygen atoms in total. The van der Waals surface area contributed by atoms with Gasteiger partial charge in [0.15, 0.2) is 0 Å². The molecular weight excluding hydrogens is 204 g/mol. The molecule has 0 amide bonds. The molecule has 1 atom stereocenters. The van der Waals surface area contributed by atoms with E-state index in [0.29, 0.717) is 17.9 Å².